The minimum atomic E-state index is -1.29. The Kier molecular flexibility index (Phi) is 54.3. The van der Waals surface area contributed by atoms with Crippen molar-refractivity contribution in [1.29, 1.82) is 0 Å². The highest BCUT2D eigenvalue weighted by atomic mass is 16.7. The lowest BCUT2D eigenvalue weighted by atomic mass is 9.79. The van der Waals surface area contributed by atoms with Gasteiger partial charge < -0.3 is 112 Å². The van der Waals surface area contributed by atoms with Crippen LogP contribution in [0.4, 0.5) is 0 Å². The van der Waals surface area contributed by atoms with E-state index in [-0.39, 0.29) is 204 Å². The van der Waals surface area contributed by atoms with Gasteiger partial charge in [0, 0.05) is 186 Å². The van der Waals surface area contributed by atoms with Crippen LogP contribution in [0.15, 0.2) is 0 Å². The van der Waals surface area contributed by atoms with Crippen LogP contribution in [0.5, 0.6) is 0 Å². The first-order chi connectivity index (χ1) is 59.3. The van der Waals surface area contributed by atoms with Crippen molar-refractivity contribution in [2.45, 2.75) is 329 Å². The fraction of sp³-hybridized carbons (Fsp3) is 0.788. The molecular formula is C85H135N5O35. The number of hydrogen-bond donors (Lipinski definition) is 5. The number of carbonyl (C=O) groups excluding carboxylic acids is 18. The van der Waals surface area contributed by atoms with Crippen LogP contribution in [-0.2, 0) is 167 Å². The Morgan fingerprint density at radius 3 is 1.11 bits per heavy atom. The van der Waals surface area contributed by atoms with E-state index < -0.39 is 163 Å². The molecule has 1 unspecified atom stereocenters. The number of hydrogen-bond acceptors (Lipinski definition) is 36. The maximum atomic E-state index is 13.0. The van der Waals surface area contributed by atoms with E-state index in [1.54, 1.807) is 0 Å². The first-order valence-corrected chi connectivity index (χ1v) is 43.0. The fourth-order valence-electron chi connectivity index (χ4n) is 14.3. The highest BCUT2D eigenvalue weighted by molar-refractivity contribution is 5.81. The second kappa shape index (κ2) is 61.5. The van der Waals surface area contributed by atoms with Gasteiger partial charge in [0.1, 0.15) is 72.6 Å². The Balaban J connectivity index is 1.48. The first kappa shape index (κ1) is 110. The van der Waals surface area contributed by atoms with Crippen LogP contribution in [0, 0.1) is 11.8 Å². The van der Waals surface area contributed by atoms with Crippen molar-refractivity contribution >= 4 is 106 Å². The molecule has 0 aromatic carbocycles. The molecule has 40 nitrogen and oxygen atoms in total. The average Bonchev–Trinajstić information content (AvgIpc) is 0.796. The number of rotatable bonds is 65. The molecule has 2 aliphatic heterocycles. The van der Waals surface area contributed by atoms with Gasteiger partial charge in [-0.05, 0) is 84.0 Å². The molecule has 2 heterocycles. The third-order valence-electron chi connectivity index (χ3n) is 19.9. The van der Waals surface area contributed by atoms with Gasteiger partial charge in [-0.25, -0.2) is 0 Å². The predicted octanol–water partition coefficient (Wildman–Crippen LogP) is 3.99. The lowest BCUT2D eigenvalue weighted by Gasteiger charge is -2.45. The monoisotopic (exact) mass is 1790 g/mol. The van der Waals surface area contributed by atoms with Crippen LogP contribution in [0.25, 0.3) is 0 Å². The molecule has 1 aliphatic carbocycles. The van der Waals surface area contributed by atoms with E-state index in [0.29, 0.717) is 89.9 Å². The van der Waals surface area contributed by atoms with Crippen LogP contribution in [0.2, 0.25) is 0 Å². The molecule has 6 N–H and O–H groups in total. The molecule has 0 aromatic heterocycles. The molecule has 3 rings (SSSR count). The summed E-state index contributed by atoms with van der Waals surface area (Å²) in [6.45, 7) is 13.7. The van der Waals surface area contributed by atoms with Crippen LogP contribution in [0.3, 0.4) is 0 Å². The van der Waals surface area contributed by atoms with Crippen molar-refractivity contribution in [3.8, 4) is 0 Å². The van der Waals surface area contributed by atoms with Crippen LogP contribution >= 0.6 is 0 Å². The predicted molar refractivity (Wildman–Crippen MR) is 436 cm³/mol. The molecule has 16 atom stereocenters. The van der Waals surface area contributed by atoms with Gasteiger partial charge in [0.25, 0.3) is 0 Å². The van der Waals surface area contributed by atoms with E-state index in [1.807, 2.05) is 0 Å². The molecule has 40 heteroatoms. The summed E-state index contributed by atoms with van der Waals surface area (Å²) in [7, 11) is 0. The molecule has 3 fully saturated rings. The highest BCUT2D eigenvalue weighted by Crippen LogP contribution is 2.37. The SMILES string of the molecule is CC(=O)C[C@H]1[C@H](OCCCCC(=O)NCCCNC(=O)CCOCC(N)(COCCC(=O)CCCCCC(=O)CCCCO[C@@H]2O[C@H](COC(C)=O)[C@H](OC(C)=O)[C@H](OC(C)=O)[C@H]2NC(C)=O)COCCC(=O)CCCCCC(=O)CCCCO[C@@H]2C[C@H](COC(C)=O)[C@H](OC(C)=O)[C@H](OC(C)=O)[C@H]2NC(C)=O)O[C@H](COC(C)=O)[C@H](OC(C)=O)[C@@H]1OC(C)=O. The fourth-order valence-corrected chi connectivity index (χ4v) is 14.3. The molecule has 3 aliphatic rings. The van der Waals surface area contributed by atoms with E-state index >= 15 is 0 Å². The zero-order chi connectivity index (χ0) is 93.0. The zero-order valence-electron chi connectivity index (χ0n) is 74.6. The molecule has 0 radical (unpaired) electrons. The molecular weight excluding hydrogens is 1650 g/mol. The van der Waals surface area contributed by atoms with Crippen molar-refractivity contribution in [1.82, 2.24) is 21.3 Å². The number of unbranched alkanes of at least 4 members (excludes halogenated alkanes) is 7. The van der Waals surface area contributed by atoms with Crippen LogP contribution in [0.1, 0.15) is 244 Å². The number of nitrogens with two attached hydrogens (primary N) is 1. The summed E-state index contributed by atoms with van der Waals surface area (Å²) >= 11 is 0. The number of ketones is 5. The third-order valence-corrected chi connectivity index (χ3v) is 19.9. The van der Waals surface area contributed by atoms with Gasteiger partial charge in [-0.1, -0.05) is 12.8 Å². The number of nitrogens with one attached hydrogen (secondary N) is 4. The minimum absolute atomic E-state index is 0.00285. The van der Waals surface area contributed by atoms with Crippen molar-refractivity contribution in [2.24, 2.45) is 17.6 Å². The highest BCUT2D eigenvalue weighted by Gasteiger charge is 2.54. The second-order valence-electron chi connectivity index (χ2n) is 31.6. The summed E-state index contributed by atoms with van der Waals surface area (Å²) in [5, 5.41) is 11.0. The number of amides is 4. The summed E-state index contributed by atoms with van der Waals surface area (Å²) in [6, 6.07) is -2.04. The van der Waals surface area contributed by atoms with Crippen molar-refractivity contribution in [3.63, 3.8) is 0 Å². The number of ether oxygens (including phenoxy) is 17. The van der Waals surface area contributed by atoms with E-state index in [4.69, 9.17) is 86.3 Å². The summed E-state index contributed by atoms with van der Waals surface area (Å²) in [6.07, 6.45) is -4.41. The van der Waals surface area contributed by atoms with Gasteiger partial charge in [0.15, 0.2) is 37.0 Å². The minimum Gasteiger partial charge on any atom is -0.465 e. The molecule has 0 bridgehead atoms. The van der Waals surface area contributed by atoms with Crippen molar-refractivity contribution in [2.75, 3.05) is 92.4 Å². The zero-order valence-corrected chi connectivity index (χ0v) is 74.6. The summed E-state index contributed by atoms with van der Waals surface area (Å²) in [4.78, 5) is 223. The van der Waals surface area contributed by atoms with Gasteiger partial charge in [0.2, 0.25) is 23.6 Å². The Bertz CT molecular complexity index is 3120. The van der Waals surface area contributed by atoms with E-state index in [0.717, 1.165) is 27.7 Å². The van der Waals surface area contributed by atoms with E-state index in [1.165, 1.54) is 55.4 Å². The van der Waals surface area contributed by atoms with E-state index in [2.05, 4.69) is 21.3 Å². The summed E-state index contributed by atoms with van der Waals surface area (Å²) < 4.78 is 96.6. The van der Waals surface area contributed by atoms with Gasteiger partial charge in [0.05, 0.1) is 69.9 Å². The Morgan fingerprint density at radius 1 is 0.336 bits per heavy atom. The standard InChI is InChI=1S/C85H135N5O35/c1-52(91)44-69-78(119-59(8)98)79(120-60(9)99)71(47-116-56(5)95)124-83(69)113-39-24-21-32-73(107)87-36-25-37-88-74(108)35-43-111-51-85(86,49-109-41-33-67(105)28-17-13-15-26-65(103)30-19-22-38-112-70-45-64(46-115-55(4)94)77(118-58(7)97)81(122-62(11)101)75(70)89-53(2)92)50-110-42-34-68(106)29-18-14-16-27-66(104)31-20-23-40-114-84-76(90-54(3)93)82(123-63(12)102)80(121-61(10)100)72(125-84)48-117-57(6)96/h64,69-72,75-84H,13-51,86H2,1-12H3,(H,87,107)(H,88,108)(H,89,92)(H,90,93)/t64-,69-,70-,71-,72-,75+,76-,77+,78-,79+,80+,81-,82-,83-,84-,85?/m1/s1. The number of esters is 9. The lowest BCUT2D eigenvalue weighted by molar-refractivity contribution is -0.291. The third kappa shape index (κ3) is 48.6. The second-order valence-corrected chi connectivity index (χ2v) is 31.6. The number of Topliss-reactive ketones (excluding diaryl/α,β-unsaturated/α-hetero) is 5. The maximum Gasteiger partial charge on any atom is 0.303 e. The molecule has 1 saturated carbocycles. The van der Waals surface area contributed by atoms with Gasteiger partial charge >= 0.3 is 53.7 Å². The first-order valence-electron chi connectivity index (χ1n) is 43.0. The van der Waals surface area contributed by atoms with Gasteiger partial charge in [-0.2, -0.15) is 0 Å². The Labute approximate surface area is 730 Å². The molecule has 0 spiro atoms. The molecule has 710 valence electrons. The number of carbonyl (C=O) groups is 18. The smallest absolute Gasteiger partial charge is 0.303 e. The molecule has 0 aromatic rings. The van der Waals surface area contributed by atoms with Crippen molar-refractivity contribution < 1.29 is 167 Å². The van der Waals surface area contributed by atoms with E-state index in [9.17, 15) is 86.3 Å². The quantitative estimate of drug-likeness (QED) is 0.0326. The lowest BCUT2D eigenvalue weighted by Crippen LogP contribution is -2.66. The van der Waals surface area contributed by atoms with Gasteiger partial charge in [-0.3, -0.25) is 81.5 Å². The maximum absolute atomic E-state index is 13.0. The molecule has 4 amide bonds. The Morgan fingerprint density at radius 2 is 0.680 bits per heavy atom. The van der Waals surface area contributed by atoms with Crippen LogP contribution < -0.4 is 27.0 Å². The summed E-state index contributed by atoms with van der Waals surface area (Å²) in [5.74, 6) is -9.69. The van der Waals surface area contributed by atoms with Gasteiger partial charge in [-0.15, -0.1) is 0 Å². The summed E-state index contributed by atoms with van der Waals surface area (Å²) in [5.41, 5.74) is 5.51. The van der Waals surface area contributed by atoms with Crippen molar-refractivity contribution in [3.05, 3.63) is 0 Å². The molecule has 2 saturated heterocycles. The molecule has 125 heavy (non-hydrogen) atoms. The average molecular weight is 1790 g/mol. The van der Waals surface area contributed by atoms with Crippen LogP contribution in [-0.4, -0.2) is 284 Å². The largest absolute Gasteiger partial charge is 0.465 e. The topological polar surface area (TPSA) is 538 Å². The Hall–Kier alpha value is -8.90. The normalized spacial score (nSPS) is 22.6.